The van der Waals surface area contributed by atoms with Crippen LogP contribution >= 0.6 is 0 Å². The summed E-state index contributed by atoms with van der Waals surface area (Å²) in [6.07, 6.45) is 0.414. The predicted octanol–water partition coefficient (Wildman–Crippen LogP) is 2.42. The van der Waals surface area contributed by atoms with Crippen LogP contribution in [-0.2, 0) is 4.79 Å². The van der Waals surface area contributed by atoms with Gasteiger partial charge in [-0.2, -0.15) is 0 Å². The number of amides is 1. The molecule has 0 bridgehead atoms. The van der Waals surface area contributed by atoms with E-state index in [-0.39, 0.29) is 5.92 Å². The van der Waals surface area contributed by atoms with E-state index in [9.17, 15) is 18.0 Å². The van der Waals surface area contributed by atoms with Gasteiger partial charge in [0.2, 0.25) is 5.91 Å². The normalized spacial score (nSPS) is 12.6. The Hall–Kier alpha value is -1.56. The number of hydrogen-bond donors (Lipinski definition) is 2. The summed E-state index contributed by atoms with van der Waals surface area (Å²) in [4.78, 5) is 11.6. The molecule has 6 heteroatoms. The Morgan fingerprint density at radius 3 is 2.33 bits per heavy atom. The molecule has 100 valence electrons. The molecule has 3 nitrogen and oxygen atoms in total. The summed E-state index contributed by atoms with van der Waals surface area (Å²) >= 11 is 0. The Bertz CT molecular complexity index is 449. The lowest BCUT2D eigenvalue weighted by atomic mass is 10.0. The number of hydrogen-bond acceptors (Lipinski definition) is 2. The van der Waals surface area contributed by atoms with Gasteiger partial charge in [0.15, 0.2) is 11.6 Å². The molecular formula is C12H15F3N2O. The lowest BCUT2D eigenvalue weighted by Crippen LogP contribution is -2.36. The number of rotatable bonds is 4. The first kappa shape index (κ1) is 14.5. The molecule has 0 radical (unpaired) electrons. The van der Waals surface area contributed by atoms with Crippen LogP contribution in [0.3, 0.4) is 0 Å². The fourth-order valence-corrected chi connectivity index (χ4v) is 1.46. The van der Waals surface area contributed by atoms with Crippen LogP contribution in [0.2, 0.25) is 0 Å². The zero-order valence-corrected chi connectivity index (χ0v) is 10.1. The Labute approximate surface area is 103 Å². The third kappa shape index (κ3) is 3.73. The van der Waals surface area contributed by atoms with Gasteiger partial charge in [-0.05, 0) is 12.3 Å². The highest BCUT2D eigenvalue weighted by atomic mass is 19.2. The third-order valence-electron chi connectivity index (χ3n) is 2.33. The highest BCUT2D eigenvalue weighted by Gasteiger charge is 2.18. The van der Waals surface area contributed by atoms with Crippen molar-refractivity contribution in [2.75, 3.05) is 5.32 Å². The van der Waals surface area contributed by atoms with Crippen molar-refractivity contribution in [2.45, 2.75) is 26.3 Å². The largest absolute Gasteiger partial charge is 0.322 e. The number of anilines is 1. The van der Waals surface area contributed by atoms with Crippen molar-refractivity contribution >= 4 is 11.6 Å². The monoisotopic (exact) mass is 260 g/mol. The summed E-state index contributed by atoms with van der Waals surface area (Å²) in [5.74, 6) is -4.02. The molecule has 0 fully saturated rings. The summed E-state index contributed by atoms with van der Waals surface area (Å²) < 4.78 is 38.8. The van der Waals surface area contributed by atoms with Crippen molar-refractivity contribution in [2.24, 2.45) is 11.7 Å². The molecule has 1 aromatic carbocycles. The smallest absolute Gasteiger partial charge is 0.241 e. The van der Waals surface area contributed by atoms with Gasteiger partial charge in [-0.25, -0.2) is 13.2 Å². The summed E-state index contributed by atoms with van der Waals surface area (Å²) in [5, 5.41) is 2.14. The van der Waals surface area contributed by atoms with Crippen molar-refractivity contribution in [3.63, 3.8) is 0 Å². The van der Waals surface area contributed by atoms with Crippen LogP contribution in [-0.4, -0.2) is 11.9 Å². The molecule has 1 aromatic rings. The first-order valence-corrected chi connectivity index (χ1v) is 5.52. The van der Waals surface area contributed by atoms with E-state index in [1.54, 1.807) is 0 Å². The number of halogens is 3. The molecule has 0 heterocycles. The predicted molar refractivity (Wildman–Crippen MR) is 62.4 cm³/mol. The second-order valence-electron chi connectivity index (χ2n) is 4.47. The molecule has 1 atom stereocenters. The van der Waals surface area contributed by atoms with Crippen molar-refractivity contribution in [3.05, 3.63) is 29.6 Å². The number of benzene rings is 1. The van der Waals surface area contributed by atoms with Crippen LogP contribution in [0.25, 0.3) is 0 Å². The van der Waals surface area contributed by atoms with E-state index in [0.717, 1.165) is 0 Å². The third-order valence-corrected chi connectivity index (χ3v) is 2.33. The molecule has 0 aliphatic heterocycles. The number of nitrogens with one attached hydrogen (secondary N) is 1. The summed E-state index contributed by atoms with van der Waals surface area (Å²) in [6.45, 7) is 3.76. The van der Waals surface area contributed by atoms with E-state index in [1.165, 1.54) is 0 Å². The van der Waals surface area contributed by atoms with Gasteiger partial charge in [0.25, 0.3) is 0 Å². The van der Waals surface area contributed by atoms with E-state index in [0.29, 0.717) is 18.6 Å². The molecule has 0 saturated carbocycles. The standard InChI is InChI=1S/C12H15F3N2O/c1-6(2)3-10(16)12(18)17-11-5-8(14)7(13)4-9(11)15/h4-6,10H,3,16H2,1-2H3,(H,17,18)/t10-/m0/s1. The lowest BCUT2D eigenvalue weighted by Gasteiger charge is -2.14. The molecule has 0 aliphatic carbocycles. The van der Waals surface area contributed by atoms with Gasteiger partial charge < -0.3 is 11.1 Å². The van der Waals surface area contributed by atoms with Crippen molar-refractivity contribution in [1.82, 2.24) is 0 Å². The van der Waals surface area contributed by atoms with Crippen LogP contribution in [0, 0.1) is 23.4 Å². The maximum atomic E-state index is 13.3. The molecular weight excluding hydrogens is 245 g/mol. The minimum atomic E-state index is -1.31. The lowest BCUT2D eigenvalue weighted by molar-refractivity contribution is -0.117. The van der Waals surface area contributed by atoms with Crippen molar-refractivity contribution in [1.29, 1.82) is 0 Å². The first-order valence-electron chi connectivity index (χ1n) is 5.52. The Balaban J connectivity index is 2.79. The maximum Gasteiger partial charge on any atom is 0.241 e. The summed E-state index contributed by atoms with van der Waals surface area (Å²) in [6, 6.07) is 0.140. The van der Waals surface area contributed by atoms with E-state index in [1.807, 2.05) is 13.8 Å². The molecule has 0 saturated heterocycles. The zero-order chi connectivity index (χ0) is 13.9. The second kappa shape index (κ2) is 5.86. The van der Waals surface area contributed by atoms with E-state index < -0.39 is 35.1 Å². The Morgan fingerprint density at radius 2 is 1.78 bits per heavy atom. The summed E-state index contributed by atoms with van der Waals surface area (Å²) in [7, 11) is 0. The van der Waals surface area contributed by atoms with Crippen molar-refractivity contribution in [3.8, 4) is 0 Å². The maximum absolute atomic E-state index is 13.3. The van der Waals surface area contributed by atoms with Gasteiger partial charge in [0.05, 0.1) is 11.7 Å². The Kier molecular flexibility index (Phi) is 4.72. The molecule has 1 rings (SSSR count). The molecule has 3 N–H and O–H groups in total. The van der Waals surface area contributed by atoms with E-state index in [4.69, 9.17) is 5.73 Å². The van der Waals surface area contributed by atoms with Gasteiger partial charge in [-0.1, -0.05) is 13.8 Å². The highest BCUT2D eigenvalue weighted by molar-refractivity contribution is 5.94. The van der Waals surface area contributed by atoms with Crippen molar-refractivity contribution < 1.29 is 18.0 Å². The number of nitrogens with two attached hydrogens (primary N) is 1. The fourth-order valence-electron chi connectivity index (χ4n) is 1.46. The first-order chi connectivity index (χ1) is 8.31. The minimum absolute atomic E-state index is 0.195. The van der Waals surface area contributed by atoms with Crippen LogP contribution in [0.1, 0.15) is 20.3 Å². The van der Waals surface area contributed by atoms with Gasteiger partial charge in [0, 0.05) is 12.1 Å². The van der Waals surface area contributed by atoms with E-state index in [2.05, 4.69) is 5.32 Å². The average Bonchev–Trinajstić information content (AvgIpc) is 2.24. The second-order valence-corrected chi connectivity index (χ2v) is 4.47. The van der Waals surface area contributed by atoms with Crippen LogP contribution in [0.5, 0.6) is 0 Å². The number of carbonyl (C=O) groups is 1. The molecule has 0 aliphatic rings. The molecule has 1 amide bonds. The fraction of sp³-hybridized carbons (Fsp3) is 0.417. The van der Waals surface area contributed by atoms with E-state index >= 15 is 0 Å². The highest BCUT2D eigenvalue weighted by Crippen LogP contribution is 2.18. The molecule has 0 aromatic heterocycles. The van der Waals surface area contributed by atoms with Crippen LogP contribution < -0.4 is 11.1 Å². The van der Waals surface area contributed by atoms with Gasteiger partial charge in [-0.15, -0.1) is 0 Å². The topological polar surface area (TPSA) is 55.1 Å². The van der Waals surface area contributed by atoms with Gasteiger partial charge in [-0.3, -0.25) is 4.79 Å². The Morgan fingerprint density at radius 1 is 1.22 bits per heavy atom. The van der Waals surface area contributed by atoms with Gasteiger partial charge >= 0.3 is 0 Å². The SMILES string of the molecule is CC(C)C[C@H](N)C(=O)Nc1cc(F)c(F)cc1F. The van der Waals surface area contributed by atoms with Crippen LogP contribution in [0.15, 0.2) is 12.1 Å². The number of carbonyl (C=O) groups excluding carboxylic acids is 1. The van der Waals surface area contributed by atoms with Crippen LogP contribution in [0.4, 0.5) is 18.9 Å². The molecule has 0 spiro atoms. The average molecular weight is 260 g/mol. The zero-order valence-electron chi connectivity index (χ0n) is 10.1. The molecule has 18 heavy (non-hydrogen) atoms. The quantitative estimate of drug-likeness (QED) is 0.817. The molecule has 0 unspecified atom stereocenters. The minimum Gasteiger partial charge on any atom is -0.322 e. The summed E-state index contributed by atoms with van der Waals surface area (Å²) in [5.41, 5.74) is 5.16. The van der Waals surface area contributed by atoms with Gasteiger partial charge in [0.1, 0.15) is 5.82 Å².